The number of rotatable bonds is 4. The van der Waals surface area contributed by atoms with Gasteiger partial charge in [-0.3, -0.25) is 0 Å². The summed E-state index contributed by atoms with van der Waals surface area (Å²) in [5.74, 6) is 0. The van der Waals surface area contributed by atoms with Gasteiger partial charge in [0.25, 0.3) is 0 Å². The first-order valence-electron chi connectivity index (χ1n) is 6.77. The minimum atomic E-state index is -0.0421. The van der Waals surface area contributed by atoms with Crippen LogP contribution >= 0.6 is 11.6 Å². The van der Waals surface area contributed by atoms with Crippen LogP contribution in [0, 0.1) is 0 Å². The monoisotopic (exact) mass is 292 g/mol. The van der Waals surface area contributed by atoms with Gasteiger partial charge < -0.3 is 5.32 Å². The van der Waals surface area contributed by atoms with E-state index in [0.29, 0.717) is 6.54 Å². The zero-order valence-corrected chi connectivity index (χ0v) is 13.1. The summed E-state index contributed by atoms with van der Waals surface area (Å²) in [5, 5.41) is 12.5. The Morgan fingerprint density at radius 1 is 1.30 bits per heavy atom. The molecule has 0 aliphatic carbocycles. The van der Waals surface area contributed by atoms with Crippen LogP contribution in [0.3, 0.4) is 0 Å². The Morgan fingerprint density at radius 2 is 2.00 bits per heavy atom. The SMILES string of the molecule is C[C@@H](NCc1cn(C(C)(C)C)nn1)c1ccccc1Cl. The largest absolute Gasteiger partial charge is 0.304 e. The van der Waals surface area contributed by atoms with Crippen molar-refractivity contribution in [2.45, 2.75) is 45.8 Å². The Labute approximate surface area is 125 Å². The molecule has 0 fully saturated rings. The molecule has 0 amide bonds. The maximum absolute atomic E-state index is 6.19. The Bertz CT molecular complexity index is 571. The molecule has 0 radical (unpaired) electrons. The van der Waals surface area contributed by atoms with Crippen LogP contribution in [0.25, 0.3) is 0 Å². The van der Waals surface area contributed by atoms with E-state index in [2.05, 4.69) is 43.3 Å². The molecule has 1 heterocycles. The van der Waals surface area contributed by atoms with Crippen LogP contribution < -0.4 is 5.32 Å². The molecule has 1 N–H and O–H groups in total. The van der Waals surface area contributed by atoms with Gasteiger partial charge >= 0.3 is 0 Å². The third-order valence-electron chi connectivity index (χ3n) is 3.19. The lowest BCUT2D eigenvalue weighted by Crippen LogP contribution is -2.22. The highest BCUT2D eigenvalue weighted by Gasteiger charge is 2.15. The van der Waals surface area contributed by atoms with E-state index in [-0.39, 0.29) is 11.6 Å². The number of hydrogen-bond acceptors (Lipinski definition) is 3. The molecule has 0 saturated carbocycles. The number of halogens is 1. The lowest BCUT2D eigenvalue weighted by atomic mass is 10.1. The number of benzene rings is 1. The van der Waals surface area contributed by atoms with Crippen LogP contribution in [-0.4, -0.2) is 15.0 Å². The smallest absolute Gasteiger partial charge is 0.0965 e. The van der Waals surface area contributed by atoms with Gasteiger partial charge in [-0.05, 0) is 39.3 Å². The first kappa shape index (κ1) is 15.0. The van der Waals surface area contributed by atoms with E-state index in [9.17, 15) is 0 Å². The maximum atomic E-state index is 6.19. The molecule has 5 heteroatoms. The molecular formula is C15H21ClN4. The molecule has 0 unspecified atom stereocenters. The molecule has 1 aromatic carbocycles. The predicted octanol–water partition coefficient (Wildman–Crippen LogP) is 3.54. The zero-order chi connectivity index (χ0) is 14.8. The van der Waals surface area contributed by atoms with E-state index in [1.54, 1.807) is 0 Å². The summed E-state index contributed by atoms with van der Waals surface area (Å²) < 4.78 is 1.88. The summed E-state index contributed by atoms with van der Waals surface area (Å²) in [5.41, 5.74) is 1.98. The van der Waals surface area contributed by atoms with Crippen molar-refractivity contribution < 1.29 is 0 Å². The highest BCUT2D eigenvalue weighted by atomic mass is 35.5. The number of hydrogen-bond donors (Lipinski definition) is 1. The average molecular weight is 293 g/mol. The van der Waals surface area contributed by atoms with Crippen LogP contribution in [0.15, 0.2) is 30.5 Å². The van der Waals surface area contributed by atoms with Crippen LogP contribution in [-0.2, 0) is 12.1 Å². The van der Waals surface area contributed by atoms with Gasteiger partial charge in [0.2, 0.25) is 0 Å². The number of aromatic nitrogens is 3. The third kappa shape index (κ3) is 3.58. The fourth-order valence-electron chi connectivity index (χ4n) is 1.90. The molecule has 0 aliphatic heterocycles. The molecule has 4 nitrogen and oxygen atoms in total. The van der Waals surface area contributed by atoms with Gasteiger partial charge in [-0.15, -0.1) is 5.10 Å². The van der Waals surface area contributed by atoms with Crippen molar-refractivity contribution in [3.05, 3.63) is 46.7 Å². The standard InChI is InChI=1S/C15H21ClN4/c1-11(13-7-5-6-8-14(13)16)17-9-12-10-20(19-18-12)15(2,3)4/h5-8,10-11,17H,9H2,1-4H3/t11-/m1/s1. The van der Waals surface area contributed by atoms with Crippen molar-refractivity contribution in [1.29, 1.82) is 0 Å². The molecule has 108 valence electrons. The molecular weight excluding hydrogens is 272 g/mol. The highest BCUT2D eigenvalue weighted by Crippen LogP contribution is 2.22. The summed E-state index contributed by atoms with van der Waals surface area (Å²) >= 11 is 6.19. The molecule has 0 bridgehead atoms. The fraction of sp³-hybridized carbons (Fsp3) is 0.467. The molecule has 0 saturated heterocycles. The maximum Gasteiger partial charge on any atom is 0.0965 e. The van der Waals surface area contributed by atoms with Gasteiger partial charge in [0.15, 0.2) is 0 Å². The fourth-order valence-corrected chi connectivity index (χ4v) is 2.20. The summed E-state index contributed by atoms with van der Waals surface area (Å²) in [4.78, 5) is 0. The lowest BCUT2D eigenvalue weighted by molar-refractivity contribution is 0.347. The van der Waals surface area contributed by atoms with Gasteiger partial charge in [-0.1, -0.05) is 35.0 Å². The minimum absolute atomic E-state index is 0.0421. The van der Waals surface area contributed by atoms with Crippen molar-refractivity contribution in [2.75, 3.05) is 0 Å². The Hall–Kier alpha value is -1.39. The van der Waals surface area contributed by atoms with Crippen LogP contribution in [0.5, 0.6) is 0 Å². The summed E-state index contributed by atoms with van der Waals surface area (Å²) in [6.07, 6.45) is 1.98. The van der Waals surface area contributed by atoms with E-state index in [1.165, 1.54) is 0 Å². The Kier molecular flexibility index (Phi) is 4.45. The first-order chi connectivity index (χ1) is 9.38. The normalized spacial score (nSPS) is 13.4. The van der Waals surface area contributed by atoms with E-state index in [0.717, 1.165) is 16.3 Å². The van der Waals surface area contributed by atoms with Crippen molar-refractivity contribution in [2.24, 2.45) is 0 Å². The molecule has 1 atom stereocenters. The van der Waals surface area contributed by atoms with Crippen molar-refractivity contribution in [3.8, 4) is 0 Å². The van der Waals surface area contributed by atoms with Crippen molar-refractivity contribution >= 4 is 11.6 Å². The minimum Gasteiger partial charge on any atom is -0.304 e. The summed E-state index contributed by atoms with van der Waals surface area (Å²) in [6, 6.07) is 8.04. The number of nitrogens with zero attached hydrogens (tertiary/aromatic N) is 3. The van der Waals surface area contributed by atoms with Gasteiger partial charge in [0.05, 0.1) is 17.4 Å². The van der Waals surface area contributed by atoms with Crippen LogP contribution in [0.1, 0.15) is 45.0 Å². The molecule has 0 aliphatic rings. The summed E-state index contributed by atoms with van der Waals surface area (Å²) in [7, 11) is 0. The molecule has 2 rings (SSSR count). The topological polar surface area (TPSA) is 42.7 Å². The molecule has 1 aromatic heterocycles. The van der Waals surface area contributed by atoms with Gasteiger partial charge in [0.1, 0.15) is 0 Å². The van der Waals surface area contributed by atoms with E-state index in [1.807, 2.05) is 35.1 Å². The average Bonchev–Trinajstić information content (AvgIpc) is 2.85. The molecule has 2 aromatic rings. The first-order valence-corrected chi connectivity index (χ1v) is 7.15. The predicted molar refractivity (Wildman–Crippen MR) is 81.7 cm³/mol. The van der Waals surface area contributed by atoms with Crippen LogP contribution in [0.4, 0.5) is 0 Å². The summed E-state index contributed by atoms with van der Waals surface area (Å²) in [6.45, 7) is 9.07. The Morgan fingerprint density at radius 3 is 2.60 bits per heavy atom. The van der Waals surface area contributed by atoms with Crippen LogP contribution in [0.2, 0.25) is 5.02 Å². The third-order valence-corrected chi connectivity index (χ3v) is 3.53. The second kappa shape index (κ2) is 5.94. The lowest BCUT2D eigenvalue weighted by Gasteiger charge is -2.17. The van der Waals surface area contributed by atoms with Crippen molar-refractivity contribution in [1.82, 2.24) is 20.3 Å². The number of nitrogens with one attached hydrogen (secondary N) is 1. The van der Waals surface area contributed by atoms with Gasteiger partial charge in [-0.25, -0.2) is 4.68 Å². The molecule has 20 heavy (non-hydrogen) atoms. The van der Waals surface area contributed by atoms with Gasteiger partial charge in [0, 0.05) is 17.6 Å². The van der Waals surface area contributed by atoms with E-state index in [4.69, 9.17) is 11.6 Å². The quantitative estimate of drug-likeness (QED) is 0.937. The second-order valence-corrected chi connectivity index (χ2v) is 6.36. The van der Waals surface area contributed by atoms with Crippen molar-refractivity contribution in [3.63, 3.8) is 0 Å². The second-order valence-electron chi connectivity index (χ2n) is 5.95. The zero-order valence-electron chi connectivity index (χ0n) is 12.4. The van der Waals surface area contributed by atoms with Gasteiger partial charge in [-0.2, -0.15) is 0 Å². The van der Waals surface area contributed by atoms with E-state index >= 15 is 0 Å². The Balaban J connectivity index is 1.99. The highest BCUT2D eigenvalue weighted by molar-refractivity contribution is 6.31. The molecule has 0 spiro atoms. The van der Waals surface area contributed by atoms with E-state index < -0.39 is 0 Å².